The van der Waals surface area contributed by atoms with Crippen LogP contribution in [0, 0.1) is 83.1 Å². The highest BCUT2D eigenvalue weighted by atomic mass is 14.9. The molecule has 0 amide bonds. The molecule has 392 valence electrons. The number of benzene rings is 4. The van der Waals surface area contributed by atoms with Crippen LogP contribution in [0.15, 0.2) is 128 Å². The number of rotatable bonds is 7. The van der Waals surface area contributed by atoms with Gasteiger partial charge < -0.3 is 0 Å². The van der Waals surface area contributed by atoms with Gasteiger partial charge in [0.1, 0.15) is 28.2 Å². The Morgan fingerprint density at radius 2 is 0.813 bits per heavy atom. The molecule has 1 fully saturated rings. The molecule has 1 aliphatic rings. The SMILES string of the molecule is CCc1ccc(-c2c(C)cc(C)c[n+]2C)c(C)c1.Cc1cc(C)c(-c2ccc(C(C)C)cc2C)[n+](C)c1.Cc1cc(C2CCCCC2)ccc1-c1c(C)ccc[n+]1C.Cc1ccc(-c2c(C)cc(C)c[n+]2C)c(C)c1. The second-order valence-electron chi connectivity index (χ2n) is 22.6. The molecule has 0 saturated heterocycles. The van der Waals surface area contributed by atoms with E-state index in [-0.39, 0.29) is 0 Å². The third-order valence-electron chi connectivity index (χ3n) is 15.4. The highest BCUT2D eigenvalue weighted by Gasteiger charge is 2.22. The molecule has 9 rings (SSSR count). The van der Waals surface area contributed by atoms with Crippen LogP contribution in [0.1, 0.15) is 148 Å². The van der Waals surface area contributed by atoms with E-state index in [4.69, 9.17) is 0 Å². The summed E-state index contributed by atoms with van der Waals surface area (Å²) >= 11 is 0. The summed E-state index contributed by atoms with van der Waals surface area (Å²) in [6.45, 7) is 32.9. The summed E-state index contributed by atoms with van der Waals surface area (Å²) in [7, 11) is 8.51. The zero-order valence-electron chi connectivity index (χ0n) is 49.8. The van der Waals surface area contributed by atoms with E-state index in [1.54, 1.807) is 5.56 Å². The number of hydrogen-bond donors (Lipinski definition) is 0. The van der Waals surface area contributed by atoms with Crippen molar-refractivity contribution in [1.82, 2.24) is 0 Å². The largest absolute Gasteiger partial charge is 0.215 e. The van der Waals surface area contributed by atoms with Gasteiger partial charge in [0.15, 0.2) is 24.8 Å². The Bertz CT molecular complexity index is 3180. The second-order valence-corrected chi connectivity index (χ2v) is 22.6. The Hall–Kier alpha value is -6.52. The Labute approximate surface area is 454 Å². The molecule has 0 bridgehead atoms. The van der Waals surface area contributed by atoms with Crippen LogP contribution in [0.25, 0.3) is 45.0 Å². The van der Waals surface area contributed by atoms with Gasteiger partial charge in [-0.05, 0) is 202 Å². The van der Waals surface area contributed by atoms with E-state index in [9.17, 15) is 0 Å². The molecule has 4 aromatic heterocycles. The Morgan fingerprint density at radius 1 is 0.400 bits per heavy atom. The zero-order chi connectivity index (χ0) is 54.8. The number of pyridine rings is 4. The van der Waals surface area contributed by atoms with Crippen LogP contribution in [0.5, 0.6) is 0 Å². The van der Waals surface area contributed by atoms with Crippen LogP contribution in [0.3, 0.4) is 0 Å². The lowest BCUT2D eigenvalue weighted by molar-refractivity contribution is -0.661. The molecule has 4 heteroatoms. The van der Waals surface area contributed by atoms with Crippen molar-refractivity contribution in [3.63, 3.8) is 0 Å². The molecule has 0 unspecified atom stereocenters. The average molecular weight is 1000 g/mol. The van der Waals surface area contributed by atoms with Crippen molar-refractivity contribution in [3.8, 4) is 45.0 Å². The van der Waals surface area contributed by atoms with Crippen LogP contribution in [-0.2, 0) is 34.6 Å². The van der Waals surface area contributed by atoms with Gasteiger partial charge in [-0.1, -0.05) is 94.1 Å². The van der Waals surface area contributed by atoms with Gasteiger partial charge in [-0.2, -0.15) is 0 Å². The topological polar surface area (TPSA) is 15.5 Å². The predicted octanol–water partition coefficient (Wildman–Crippen LogP) is 16.1. The summed E-state index contributed by atoms with van der Waals surface area (Å²) in [6, 6.07) is 38.5. The van der Waals surface area contributed by atoms with Crippen LogP contribution in [0.2, 0.25) is 0 Å². The smallest absolute Gasteiger partial charge is 0.201 e. The number of aryl methyl sites for hydroxylation is 17. The van der Waals surface area contributed by atoms with E-state index in [1.165, 1.54) is 155 Å². The van der Waals surface area contributed by atoms with Crippen molar-refractivity contribution >= 4 is 0 Å². The number of aromatic nitrogens is 4. The maximum Gasteiger partial charge on any atom is 0.215 e. The van der Waals surface area contributed by atoms with E-state index < -0.39 is 0 Å². The van der Waals surface area contributed by atoms with Gasteiger partial charge >= 0.3 is 0 Å². The monoisotopic (exact) mass is 1000 g/mol. The highest BCUT2D eigenvalue weighted by molar-refractivity contribution is 5.67. The second kappa shape index (κ2) is 25.8. The Balaban J connectivity index is 0.000000163. The first-order chi connectivity index (χ1) is 35.6. The first-order valence-electron chi connectivity index (χ1n) is 27.8. The minimum absolute atomic E-state index is 0.584. The van der Waals surface area contributed by atoms with Gasteiger partial charge in [0.05, 0.1) is 0 Å². The summed E-state index contributed by atoms with van der Waals surface area (Å²) < 4.78 is 8.93. The van der Waals surface area contributed by atoms with Crippen molar-refractivity contribution in [2.24, 2.45) is 28.2 Å². The van der Waals surface area contributed by atoms with Gasteiger partial charge in [-0.15, -0.1) is 0 Å². The fourth-order valence-electron chi connectivity index (χ4n) is 11.9. The van der Waals surface area contributed by atoms with Crippen LogP contribution in [-0.4, -0.2) is 0 Å². The fourth-order valence-corrected chi connectivity index (χ4v) is 11.9. The first kappa shape index (κ1) is 57.8. The summed E-state index contributed by atoms with van der Waals surface area (Å²) in [6.07, 6.45) is 16.8. The molecule has 1 saturated carbocycles. The minimum atomic E-state index is 0.584. The van der Waals surface area contributed by atoms with E-state index in [0.29, 0.717) is 5.92 Å². The lowest BCUT2D eigenvalue weighted by Crippen LogP contribution is -2.32. The molecule has 4 aromatic carbocycles. The lowest BCUT2D eigenvalue weighted by Gasteiger charge is -2.22. The predicted molar refractivity (Wildman–Crippen MR) is 318 cm³/mol. The standard InChI is InChI=1S/C20H26N.C18H24N.C17H22N.C16H20N/c1-15-8-7-13-21(3)20(15)19-12-11-18(14-16(19)2)17-9-5-4-6-10-17;1-12(2)16-7-8-17(14(4)10-16)18-15(5)9-13(3)11-19(18)6;1-6-15-7-8-16(13(3)10-15)17-14(4)9-12(2)11-18(17)5;1-11-6-7-15(13(3)8-11)16-14(4)9-12(2)10-17(16)5/h7-8,11-14,17H,4-6,9-10H2,1-3H3;7-12H,1-6H3;7-11H,6H2,1-5H3;6-10H,1-5H3/q4*+1. The number of hydrogen-bond acceptors (Lipinski definition) is 0. The normalized spacial score (nSPS) is 12.3. The molecule has 0 radical (unpaired) electrons. The van der Waals surface area contributed by atoms with Crippen molar-refractivity contribution in [3.05, 3.63) is 211 Å². The maximum atomic E-state index is 2.43. The van der Waals surface area contributed by atoms with Crippen LogP contribution < -0.4 is 18.3 Å². The Morgan fingerprint density at radius 3 is 1.23 bits per heavy atom. The van der Waals surface area contributed by atoms with Crippen molar-refractivity contribution in [2.45, 2.75) is 154 Å². The molecule has 0 atom stereocenters. The maximum absolute atomic E-state index is 2.43. The third kappa shape index (κ3) is 14.5. The molecule has 1 aliphatic carbocycles. The fraction of sp³-hybridized carbons (Fsp3) is 0.380. The molecule has 0 aliphatic heterocycles. The lowest BCUT2D eigenvalue weighted by atomic mass is 9.83. The average Bonchev–Trinajstić information content (AvgIpc) is 3.33. The van der Waals surface area contributed by atoms with Crippen molar-refractivity contribution in [1.29, 1.82) is 0 Å². The summed E-state index contributed by atoms with van der Waals surface area (Å²) in [5, 5.41) is 0. The summed E-state index contributed by atoms with van der Waals surface area (Å²) in [4.78, 5) is 0. The van der Waals surface area contributed by atoms with Crippen LogP contribution >= 0.6 is 0 Å². The highest BCUT2D eigenvalue weighted by Crippen LogP contribution is 2.35. The van der Waals surface area contributed by atoms with Gasteiger partial charge in [-0.3, -0.25) is 0 Å². The van der Waals surface area contributed by atoms with Gasteiger partial charge in [-0.25, -0.2) is 18.3 Å². The summed E-state index contributed by atoms with van der Waals surface area (Å²) in [5.74, 6) is 1.37. The van der Waals surface area contributed by atoms with E-state index in [1.807, 2.05) is 0 Å². The van der Waals surface area contributed by atoms with E-state index >= 15 is 0 Å². The molecule has 8 aromatic rings. The van der Waals surface area contributed by atoms with Gasteiger partial charge in [0.2, 0.25) is 22.8 Å². The molecule has 0 N–H and O–H groups in total. The van der Waals surface area contributed by atoms with Gasteiger partial charge in [0, 0.05) is 67.3 Å². The number of nitrogens with zero attached hydrogens (tertiary/aromatic N) is 4. The first-order valence-corrected chi connectivity index (χ1v) is 27.8. The molecule has 4 nitrogen and oxygen atoms in total. The molecule has 75 heavy (non-hydrogen) atoms. The Kier molecular flexibility index (Phi) is 19.9. The zero-order valence-corrected chi connectivity index (χ0v) is 49.8. The quantitative estimate of drug-likeness (QED) is 0.141. The molecule has 0 spiro atoms. The minimum Gasteiger partial charge on any atom is -0.201 e. The van der Waals surface area contributed by atoms with E-state index in [2.05, 4.69) is 278 Å². The molecular formula is C71H92N4+4. The molecule has 4 heterocycles. The van der Waals surface area contributed by atoms with Crippen molar-refractivity contribution in [2.75, 3.05) is 0 Å². The third-order valence-corrected chi connectivity index (χ3v) is 15.4. The molecular weight excluding hydrogens is 909 g/mol. The van der Waals surface area contributed by atoms with Crippen molar-refractivity contribution < 1.29 is 18.3 Å². The summed E-state index contributed by atoms with van der Waals surface area (Å²) in [5.41, 5.74) is 31.1. The van der Waals surface area contributed by atoms with Gasteiger partial charge in [0.25, 0.3) is 0 Å². The van der Waals surface area contributed by atoms with Crippen LogP contribution in [0.4, 0.5) is 0 Å². The van der Waals surface area contributed by atoms with E-state index in [0.717, 1.165) is 12.3 Å².